The number of methoxy groups -OCH3 is 1. The largest absolute Gasteiger partial charge is 0.497 e. The summed E-state index contributed by atoms with van der Waals surface area (Å²) in [5, 5.41) is 0. The third-order valence-electron chi connectivity index (χ3n) is 4.47. The number of ether oxygens (including phenoxy) is 1. The van der Waals surface area contributed by atoms with Gasteiger partial charge in [0.1, 0.15) is 5.75 Å². The summed E-state index contributed by atoms with van der Waals surface area (Å²) < 4.78 is 34.2. The van der Waals surface area contributed by atoms with E-state index in [1.54, 1.807) is 35.7 Å². The average molecular weight is 349 g/mol. The van der Waals surface area contributed by atoms with Crippen molar-refractivity contribution in [2.24, 2.45) is 7.05 Å². The Bertz CT molecular complexity index is 776. The fourth-order valence-electron chi connectivity index (χ4n) is 2.91. The molecule has 1 aromatic carbocycles. The monoisotopic (exact) mass is 349 g/mol. The molecule has 0 spiro atoms. The van der Waals surface area contributed by atoms with Crippen LogP contribution in [0.4, 0.5) is 0 Å². The molecule has 1 saturated heterocycles. The smallest absolute Gasteiger partial charge is 0.243 e. The minimum Gasteiger partial charge on any atom is -0.497 e. The number of piperazine rings is 1. The highest BCUT2D eigenvalue weighted by molar-refractivity contribution is 7.89. The predicted molar refractivity (Wildman–Crippen MR) is 92.4 cm³/mol. The first-order chi connectivity index (χ1) is 11.5. The summed E-state index contributed by atoms with van der Waals surface area (Å²) >= 11 is 0. The van der Waals surface area contributed by atoms with Gasteiger partial charge in [-0.15, -0.1) is 0 Å². The van der Waals surface area contributed by atoms with Gasteiger partial charge in [0.2, 0.25) is 10.0 Å². The molecule has 0 atom stereocenters. The number of nitrogens with zero attached hydrogens (tertiary/aromatic N) is 3. The highest BCUT2D eigenvalue weighted by Gasteiger charge is 2.28. The van der Waals surface area contributed by atoms with Crippen LogP contribution in [0.1, 0.15) is 5.69 Å². The molecule has 0 aliphatic carbocycles. The van der Waals surface area contributed by atoms with Crippen LogP contribution in [0.15, 0.2) is 47.5 Å². The van der Waals surface area contributed by atoms with Gasteiger partial charge in [-0.2, -0.15) is 4.31 Å². The first-order valence-corrected chi connectivity index (χ1v) is 9.41. The van der Waals surface area contributed by atoms with Crippen LogP contribution in [0.25, 0.3) is 0 Å². The van der Waals surface area contributed by atoms with Crippen molar-refractivity contribution in [2.75, 3.05) is 33.3 Å². The number of aromatic nitrogens is 1. The van der Waals surface area contributed by atoms with Gasteiger partial charge in [-0.1, -0.05) is 0 Å². The minimum absolute atomic E-state index is 0.319. The molecule has 0 saturated carbocycles. The van der Waals surface area contributed by atoms with Crippen molar-refractivity contribution in [3.63, 3.8) is 0 Å². The van der Waals surface area contributed by atoms with Crippen LogP contribution in [0.3, 0.4) is 0 Å². The standard InChI is InChI=1S/C17H23N3O3S/c1-18-9-3-4-15(18)14-19-10-12-20(13-11-19)24(21,22)17-7-5-16(23-2)6-8-17/h3-9H,10-14H2,1-2H3. The maximum Gasteiger partial charge on any atom is 0.243 e. The van der Waals surface area contributed by atoms with Crippen molar-refractivity contribution in [3.8, 4) is 5.75 Å². The van der Waals surface area contributed by atoms with Gasteiger partial charge in [-0.3, -0.25) is 4.90 Å². The van der Waals surface area contributed by atoms with E-state index in [0.717, 1.165) is 19.6 Å². The van der Waals surface area contributed by atoms with Crippen LogP contribution in [0.2, 0.25) is 0 Å². The normalized spacial score (nSPS) is 17.1. The topological polar surface area (TPSA) is 54.8 Å². The van der Waals surface area contributed by atoms with E-state index in [4.69, 9.17) is 4.74 Å². The van der Waals surface area contributed by atoms with Gasteiger partial charge in [0, 0.05) is 51.7 Å². The van der Waals surface area contributed by atoms with E-state index in [2.05, 4.69) is 15.5 Å². The van der Waals surface area contributed by atoms with Crippen LogP contribution < -0.4 is 4.74 Å². The molecule has 7 heteroatoms. The first-order valence-electron chi connectivity index (χ1n) is 7.97. The highest BCUT2D eigenvalue weighted by atomic mass is 32.2. The Hall–Kier alpha value is -1.83. The SMILES string of the molecule is COc1ccc(S(=O)(=O)N2CCN(Cc3cccn3C)CC2)cc1. The van der Waals surface area contributed by atoms with E-state index in [0.29, 0.717) is 23.7 Å². The van der Waals surface area contributed by atoms with Gasteiger partial charge in [0.25, 0.3) is 0 Å². The number of hydrogen-bond donors (Lipinski definition) is 0. The molecule has 0 N–H and O–H groups in total. The fraction of sp³-hybridized carbons (Fsp3) is 0.412. The van der Waals surface area contributed by atoms with E-state index >= 15 is 0 Å². The molecule has 0 amide bonds. The van der Waals surface area contributed by atoms with Crippen LogP contribution in [0.5, 0.6) is 5.75 Å². The summed E-state index contributed by atoms with van der Waals surface area (Å²) in [6.45, 7) is 3.35. The summed E-state index contributed by atoms with van der Waals surface area (Å²) in [6, 6.07) is 10.7. The Morgan fingerprint density at radius 1 is 1.04 bits per heavy atom. The Balaban J connectivity index is 1.63. The lowest BCUT2D eigenvalue weighted by molar-refractivity contribution is 0.178. The van der Waals surface area contributed by atoms with E-state index in [9.17, 15) is 8.42 Å². The van der Waals surface area contributed by atoms with Crippen molar-refractivity contribution < 1.29 is 13.2 Å². The second-order valence-corrected chi connectivity index (χ2v) is 7.90. The lowest BCUT2D eigenvalue weighted by Crippen LogP contribution is -2.48. The fourth-order valence-corrected chi connectivity index (χ4v) is 4.34. The number of benzene rings is 1. The number of aryl methyl sites for hydroxylation is 1. The molecule has 130 valence electrons. The van der Waals surface area contributed by atoms with E-state index in [-0.39, 0.29) is 0 Å². The van der Waals surface area contributed by atoms with E-state index in [1.807, 2.05) is 19.3 Å². The molecular weight excluding hydrogens is 326 g/mol. The van der Waals surface area contributed by atoms with Gasteiger partial charge in [-0.25, -0.2) is 8.42 Å². The van der Waals surface area contributed by atoms with Crippen molar-refractivity contribution >= 4 is 10.0 Å². The third-order valence-corrected chi connectivity index (χ3v) is 6.38. The van der Waals surface area contributed by atoms with Crippen molar-refractivity contribution in [3.05, 3.63) is 48.3 Å². The molecule has 1 aliphatic heterocycles. The summed E-state index contributed by atoms with van der Waals surface area (Å²) in [4.78, 5) is 2.61. The minimum atomic E-state index is -3.43. The Labute approximate surface area is 143 Å². The van der Waals surface area contributed by atoms with E-state index < -0.39 is 10.0 Å². The van der Waals surface area contributed by atoms with Gasteiger partial charge in [0.15, 0.2) is 0 Å². The number of sulfonamides is 1. The quantitative estimate of drug-likeness (QED) is 0.822. The average Bonchev–Trinajstić information content (AvgIpc) is 3.00. The molecule has 0 unspecified atom stereocenters. The summed E-state index contributed by atoms with van der Waals surface area (Å²) in [5.74, 6) is 0.654. The zero-order valence-corrected chi connectivity index (χ0v) is 14.9. The highest BCUT2D eigenvalue weighted by Crippen LogP contribution is 2.21. The molecule has 3 rings (SSSR count). The number of rotatable bonds is 5. The Morgan fingerprint density at radius 2 is 1.71 bits per heavy atom. The maximum absolute atomic E-state index is 12.7. The number of hydrogen-bond acceptors (Lipinski definition) is 4. The summed E-state index contributed by atoms with van der Waals surface area (Å²) in [6.07, 6.45) is 2.03. The first kappa shape index (κ1) is 17.0. The van der Waals surface area contributed by atoms with Gasteiger partial charge in [-0.05, 0) is 36.4 Å². The second kappa shape index (κ2) is 6.96. The molecule has 1 fully saturated rings. The summed E-state index contributed by atoms with van der Waals surface area (Å²) in [7, 11) is 0.158. The Morgan fingerprint density at radius 3 is 2.25 bits per heavy atom. The molecule has 2 aromatic rings. The predicted octanol–water partition coefficient (Wildman–Crippen LogP) is 1.54. The van der Waals surface area contributed by atoms with Gasteiger partial charge >= 0.3 is 0 Å². The molecule has 6 nitrogen and oxygen atoms in total. The van der Waals surface area contributed by atoms with Crippen LogP contribution >= 0.6 is 0 Å². The van der Waals surface area contributed by atoms with Crippen LogP contribution in [-0.4, -0.2) is 55.5 Å². The molecule has 0 radical (unpaired) electrons. The van der Waals surface area contributed by atoms with Crippen LogP contribution in [0, 0.1) is 0 Å². The molecular formula is C17H23N3O3S. The summed E-state index contributed by atoms with van der Waals surface area (Å²) in [5.41, 5.74) is 1.24. The zero-order valence-electron chi connectivity index (χ0n) is 14.1. The van der Waals surface area contributed by atoms with Crippen LogP contribution in [-0.2, 0) is 23.6 Å². The van der Waals surface area contributed by atoms with Crippen molar-refractivity contribution in [1.82, 2.24) is 13.8 Å². The van der Waals surface area contributed by atoms with Crippen molar-refractivity contribution in [2.45, 2.75) is 11.4 Å². The molecule has 1 aromatic heterocycles. The third kappa shape index (κ3) is 3.48. The molecule has 1 aliphatic rings. The lowest BCUT2D eigenvalue weighted by atomic mass is 10.3. The molecule has 2 heterocycles. The van der Waals surface area contributed by atoms with Gasteiger partial charge < -0.3 is 9.30 Å². The molecule has 0 bridgehead atoms. The zero-order chi connectivity index (χ0) is 17.2. The second-order valence-electron chi connectivity index (χ2n) is 5.97. The van der Waals surface area contributed by atoms with E-state index in [1.165, 1.54) is 5.69 Å². The lowest BCUT2D eigenvalue weighted by Gasteiger charge is -2.34. The Kier molecular flexibility index (Phi) is 4.93. The van der Waals surface area contributed by atoms with Crippen molar-refractivity contribution in [1.29, 1.82) is 0 Å². The molecule has 24 heavy (non-hydrogen) atoms. The van der Waals surface area contributed by atoms with Gasteiger partial charge in [0.05, 0.1) is 12.0 Å². The maximum atomic E-state index is 12.7.